The Morgan fingerprint density at radius 2 is 2.38 bits per heavy atom. The van der Waals surface area contributed by atoms with Gasteiger partial charge in [0.2, 0.25) is 11.7 Å². The van der Waals surface area contributed by atoms with Crippen LogP contribution in [0.3, 0.4) is 0 Å². The third-order valence-corrected chi connectivity index (χ3v) is 5.47. The summed E-state index contributed by atoms with van der Waals surface area (Å²) in [5.74, 6) is -0.270. The van der Waals surface area contributed by atoms with Crippen LogP contribution in [0, 0.1) is 0 Å². The first-order chi connectivity index (χ1) is 10.0. The molecule has 3 rings (SSSR count). The summed E-state index contributed by atoms with van der Waals surface area (Å²) in [6.07, 6.45) is 2.85. The van der Waals surface area contributed by atoms with E-state index in [-0.39, 0.29) is 23.2 Å². The number of fused-ring (bicyclic) bond motifs is 1. The Hall–Kier alpha value is -1.76. The largest absolute Gasteiger partial charge is 0.456 e. The SMILES string of the molecule is C[C@@]12CCC(=O)N1[C@H](C(=O)OCC(=O)c1ccc[nH]1)CS2. The molecule has 0 spiro atoms. The third kappa shape index (κ3) is 2.46. The van der Waals surface area contributed by atoms with Gasteiger partial charge in [-0.3, -0.25) is 9.59 Å². The fourth-order valence-corrected chi connectivity index (χ4v) is 4.23. The monoisotopic (exact) mass is 308 g/mol. The van der Waals surface area contributed by atoms with Crippen molar-refractivity contribution < 1.29 is 19.1 Å². The van der Waals surface area contributed by atoms with Crippen molar-refractivity contribution in [3.05, 3.63) is 24.0 Å². The number of hydrogen-bond donors (Lipinski definition) is 1. The summed E-state index contributed by atoms with van der Waals surface area (Å²) >= 11 is 1.60. The Labute approximate surface area is 126 Å². The van der Waals surface area contributed by atoms with Gasteiger partial charge in [-0.05, 0) is 25.5 Å². The summed E-state index contributed by atoms with van der Waals surface area (Å²) in [5, 5.41) is 0. The molecule has 2 aliphatic heterocycles. The molecule has 0 saturated carbocycles. The molecule has 0 aliphatic carbocycles. The first-order valence-electron chi connectivity index (χ1n) is 6.80. The fourth-order valence-electron chi connectivity index (χ4n) is 2.81. The summed E-state index contributed by atoms with van der Waals surface area (Å²) in [5.41, 5.74) is 0.408. The fraction of sp³-hybridized carbons (Fsp3) is 0.500. The van der Waals surface area contributed by atoms with Gasteiger partial charge < -0.3 is 14.6 Å². The van der Waals surface area contributed by atoms with E-state index in [1.165, 1.54) is 0 Å². The van der Waals surface area contributed by atoms with E-state index >= 15 is 0 Å². The van der Waals surface area contributed by atoms with Crippen LogP contribution < -0.4 is 0 Å². The highest BCUT2D eigenvalue weighted by Crippen LogP contribution is 2.47. The molecule has 2 aliphatic rings. The highest BCUT2D eigenvalue weighted by Gasteiger charge is 2.53. The molecule has 6 nitrogen and oxygen atoms in total. The van der Waals surface area contributed by atoms with Crippen LogP contribution in [0.1, 0.15) is 30.3 Å². The average molecular weight is 308 g/mol. The zero-order valence-corrected chi connectivity index (χ0v) is 12.4. The quantitative estimate of drug-likeness (QED) is 0.668. The number of nitrogens with one attached hydrogen (secondary N) is 1. The molecule has 1 amide bonds. The van der Waals surface area contributed by atoms with E-state index in [0.717, 1.165) is 6.42 Å². The first kappa shape index (κ1) is 14.2. The van der Waals surface area contributed by atoms with E-state index in [2.05, 4.69) is 4.98 Å². The number of carbonyl (C=O) groups is 3. The molecule has 2 atom stereocenters. The van der Waals surface area contributed by atoms with Crippen molar-refractivity contribution >= 4 is 29.4 Å². The summed E-state index contributed by atoms with van der Waals surface area (Å²) in [6, 6.07) is 2.76. The maximum atomic E-state index is 12.2. The minimum atomic E-state index is -0.577. The number of amides is 1. The Kier molecular flexibility index (Phi) is 3.52. The van der Waals surface area contributed by atoms with Crippen LogP contribution in [0.5, 0.6) is 0 Å². The third-order valence-electron chi connectivity index (χ3n) is 3.96. The molecular weight excluding hydrogens is 292 g/mol. The number of ether oxygens (including phenoxy) is 1. The molecule has 7 heteroatoms. The number of aromatic amines is 1. The van der Waals surface area contributed by atoms with Gasteiger partial charge >= 0.3 is 5.97 Å². The molecule has 1 aromatic rings. The molecule has 112 valence electrons. The predicted molar refractivity (Wildman–Crippen MR) is 76.8 cm³/mol. The van der Waals surface area contributed by atoms with Crippen molar-refractivity contribution in [1.82, 2.24) is 9.88 Å². The highest BCUT2D eigenvalue weighted by molar-refractivity contribution is 8.01. The smallest absolute Gasteiger partial charge is 0.330 e. The van der Waals surface area contributed by atoms with Gasteiger partial charge in [0.15, 0.2) is 6.61 Å². The second kappa shape index (κ2) is 5.22. The van der Waals surface area contributed by atoms with Crippen LogP contribution in [0.15, 0.2) is 18.3 Å². The molecule has 3 heterocycles. The van der Waals surface area contributed by atoms with Gasteiger partial charge in [0.1, 0.15) is 6.04 Å². The number of hydrogen-bond acceptors (Lipinski definition) is 5. The number of aromatic nitrogens is 1. The van der Waals surface area contributed by atoms with Gasteiger partial charge in [-0.25, -0.2) is 4.79 Å². The summed E-state index contributed by atoms with van der Waals surface area (Å²) in [6.45, 7) is 1.67. The average Bonchev–Trinajstić information content (AvgIpc) is 3.14. The summed E-state index contributed by atoms with van der Waals surface area (Å²) in [7, 11) is 0. The molecule has 0 radical (unpaired) electrons. The van der Waals surface area contributed by atoms with Crippen molar-refractivity contribution in [2.45, 2.75) is 30.7 Å². The van der Waals surface area contributed by atoms with Crippen LogP contribution in [0.2, 0.25) is 0 Å². The molecule has 0 bridgehead atoms. The minimum Gasteiger partial charge on any atom is -0.456 e. The van der Waals surface area contributed by atoms with Crippen LogP contribution in [0.4, 0.5) is 0 Å². The number of nitrogens with zero attached hydrogens (tertiary/aromatic N) is 1. The lowest BCUT2D eigenvalue weighted by atomic mass is 10.2. The molecular formula is C14H16N2O4S. The Bertz CT molecular complexity index is 586. The topological polar surface area (TPSA) is 79.5 Å². The van der Waals surface area contributed by atoms with E-state index in [1.807, 2.05) is 6.92 Å². The summed E-state index contributed by atoms with van der Waals surface area (Å²) < 4.78 is 5.10. The standard InChI is InChI=1S/C14H16N2O4S/c1-14-5-4-12(18)16(14)10(8-21-14)13(19)20-7-11(17)9-3-2-6-15-9/h2-3,6,10,15H,4-5,7-8H2,1H3/t10-,14+/m0/s1. The predicted octanol–water partition coefficient (Wildman–Crippen LogP) is 1.19. The lowest BCUT2D eigenvalue weighted by Crippen LogP contribution is -2.46. The van der Waals surface area contributed by atoms with E-state index in [1.54, 1.807) is 35.0 Å². The Morgan fingerprint density at radius 3 is 3.10 bits per heavy atom. The van der Waals surface area contributed by atoms with Crippen LogP contribution in [0.25, 0.3) is 0 Å². The number of esters is 1. The maximum absolute atomic E-state index is 12.2. The number of Topliss-reactive ketones (excluding diaryl/α,β-unsaturated/α-hetero) is 1. The number of carbonyl (C=O) groups excluding carboxylic acids is 3. The second-order valence-corrected chi connectivity index (χ2v) is 6.88. The molecule has 21 heavy (non-hydrogen) atoms. The van der Waals surface area contributed by atoms with E-state index in [4.69, 9.17) is 4.74 Å². The van der Waals surface area contributed by atoms with Crippen molar-refractivity contribution in [2.24, 2.45) is 0 Å². The molecule has 1 N–H and O–H groups in total. The van der Waals surface area contributed by atoms with Gasteiger partial charge in [0.25, 0.3) is 0 Å². The van der Waals surface area contributed by atoms with Crippen LogP contribution >= 0.6 is 11.8 Å². The highest BCUT2D eigenvalue weighted by atomic mass is 32.2. The molecule has 0 unspecified atom stereocenters. The lowest BCUT2D eigenvalue weighted by Gasteiger charge is -2.29. The Morgan fingerprint density at radius 1 is 1.57 bits per heavy atom. The summed E-state index contributed by atoms with van der Waals surface area (Å²) in [4.78, 5) is 40.0. The van der Waals surface area contributed by atoms with Crippen molar-refractivity contribution in [1.29, 1.82) is 0 Å². The van der Waals surface area contributed by atoms with Gasteiger partial charge in [-0.15, -0.1) is 11.8 Å². The van der Waals surface area contributed by atoms with Crippen LogP contribution in [-0.4, -0.2) is 50.8 Å². The minimum absolute atomic E-state index is 0.0138. The van der Waals surface area contributed by atoms with Gasteiger partial charge in [0, 0.05) is 18.4 Å². The molecule has 2 fully saturated rings. The molecule has 0 aromatic carbocycles. The second-order valence-electron chi connectivity index (χ2n) is 5.38. The van der Waals surface area contributed by atoms with Crippen molar-refractivity contribution in [3.63, 3.8) is 0 Å². The number of H-pyrrole nitrogens is 1. The lowest BCUT2D eigenvalue weighted by molar-refractivity contribution is -0.152. The number of ketones is 1. The van der Waals surface area contributed by atoms with Gasteiger partial charge in [-0.2, -0.15) is 0 Å². The van der Waals surface area contributed by atoms with Crippen LogP contribution in [-0.2, 0) is 14.3 Å². The van der Waals surface area contributed by atoms with E-state index in [0.29, 0.717) is 17.9 Å². The van der Waals surface area contributed by atoms with Crippen molar-refractivity contribution in [2.75, 3.05) is 12.4 Å². The number of thioether (sulfide) groups is 1. The van der Waals surface area contributed by atoms with Gasteiger partial charge in [0.05, 0.1) is 10.6 Å². The zero-order chi connectivity index (χ0) is 15.0. The van der Waals surface area contributed by atoms with E-state index in [9.17, 15) is 14.4 Å². The zero-order valence-electron chi connectivity index (χ0n) is 11.6. The molecule has 2 saturated heterocycles. The molecule has 1 aromatic heterocycles. The maximum Gasteiger partial charge on any atom is 0.330 e. The van der Waals surface area contributed by atoms with Gasteiger partial charge in [-0.1, -0.05) is 0 Å². The van der Waals surface area contributed by atoms with Crippen molar-refractivity contribution in [3.8, 4) is 0 Å². The normalized spacial score (nSPS) is 27.8. The first-order valence-corrected chi connectivity index (χ1v) is 7.79. The Balaban J connectivity index is 1.61. The van der Waals surface area contributed by atoms with E-state index < -0.39 is 12.0 Å². The number of rotatable bonds is 4.